The monoisotopic (exact) mass is 502 g/mol. The van der Waals surface area contributed by atoms with Gasteiger partial charge in [-0.05, 0) is 53.9 Å². The molecule has 37 heavy (non-hydrogen) atoms. The van der Waals surface area contributed by atoms with Crippen LogP contribution in [-0.4, -0.2) is 33.0 Å². The van der Waals surface area contributed by atoms with E-state index in [1.54, 1.807) is 31.4 Å². The molecule has 0 aliphatic rings. The number of rotatable bonds is 10. The summed E-state index contributed by atoms with van der Waals surface area (Å²) in [4.78, 5) is 13.1. The van der Waals surface area contributed by atoms with Crippen LogP contribution in [0.5, 0.6) is 28.7 Å². The maximum atomic E-state index is 13.1. The summed E-state index contributed by atoms with van der Waals surface area (Å²) >= 11 is 0. The molecular weight excluding hydrogens is 472 g/mol. The molecule has 1 heterocycles. The third-order valence-electron chi connectivity index (χ3n) is 5.96. The molecule has 1 aromatic heterocycles. The van der Waals surface area contributed by atoms with Crippen LogP contribution in [-0.2, 0) is 0 Å². The maximum absolute atomic E-state index is 13.1. The van der Waals surface area contributed by atoms with Crippen LogP contribution in [0.3, 0.4) is 0 Å². The van der Waals surface area contributed by atoms with Crippen molar-refractivity contribution in [2.45, 2.75) is 19.8 Å². The van der Waals surface area contributed by atoms with Gasteiger partial charge < -0.3 is 28.5 Å². The number of hydrogen-bond acceptors (Lipinski definition) is 7. The van der Waals surface area contributed by atoms with E-state index in [9.17, 15) is 9.90 Å². The van der Waals surface area contributed by atoms with Crippen LogP contribution >= 0.6 is 0 Å². The molecule has 0 aliphatic carbocycles. The van der Waals surface area contributed by atoms with E-state index >= 15 is 0 Å². The van der Waals surface area contributed by atoms with Crippen molar-refractivity contribution in [3.63, 3.8) is 0 Å². The molecule has 192 valence electrons. The van der Waals surface area contributed by atoms with Gasteiger partial charge in [-0.25, -0.2) is 0 Å². The minimum Gasteiger partial charge on any atom is -0.502 e. The van der Waals surface area contributed by atoms with Crippen LogP contribution in [0.2, 0.25) is 0 Å². The summed E-state index contributed by atoms with van der Waals surface area (Å²) in [5.41, 5.74) is 1.73. The third kappa shape index (κ3) is 5.56. The average molecular weight is 503 g/mol. The number of hydrogen-bond donors (Lipinski definition) is 1. The van der Waals surface area contributed by atoms with Gasteiger partial charge in [0.15, 0.2) is 5.76 Å². The first-order valence-electron chi connectivity index (χ1n) is 12.0. The molecule has 0 aliphatic heterocycles. The molecule has 0 radical (unpaired) electrons. The first-order valence-corrected chi connectivity index (χ1v) is 12.0. The predicted octanol–water partition coefficient (Wildman–Crippen LogP) is 6.54. The highest BCUT2D eigenvalue weighted by Crippen LogP contribution is 2.42. The average Bonchev–Trinajstić information content (AvgIpc) is 2.94. The van der Waals surface area contributed by atoms with Gasteiger partial charge in [0.05, 0.1) is 38.9 Å². The zero-order valence-electron chi connectivity index (χ0n) is 21.4. The standard InChI is InChI=1S/C30H30O7/c1-5-6-15-36-21-11-8-19(9-12-21)7-10-20-16-23(34-3)18-26(35-4)27(20)30-29(32)28(31)24-17-22(33-2)13-14-25(24)37-30/h7-14,16-18,32H,5-6,15H2,1-4H3/b10-7+. The number of methoxy groups -OCH3 is 3. The van der Waals surface area contributed by atoms with Crippen molar-refractivity contribution >= 4 is 23.1 Å². The molecule has 0 saturated heterocycles. The lowest BCUT2D eigenvalue weighted by Crippen LogP contribution is -2.04. The molecule has 7 nitrogen and oxygen atoms in total. The van der Waals surface area contributed by atoms with Gasteiger partial charge in [-0.2, -0.15) is 0 Å². The van der Waals surface area contributed by atoms with Crippen LogP contribution in [0.4, 0.5) is 0 Å². The first kappa shape index (κ1) is 25.7. The van der Waals surface area contributed by atoms with Crippen LogP contribution < -0.4 is 24.4 Å². The van der Waals surface area contributed by atoms with Gasteiger partial charge in [0.2, 0.25) is 11.2 Å². The molecule has 7 heteroatoms. The second-order valence-electron chi connectivity index (χ2n) is 8.37. The van der Waals surface area contributed by atoms with Gasteiger partial charge in [-0.15, -0.1) is 0 Å². The van der Waals surface area contributed by atoms with Crippen LogP contribution in [0.15, 0.2) is 63.8 Å². The zero-order chi connectivity index (χ0) is 26.4. The lowest BCUT2D eigenvalue weighted by Gasteiger charge is -2.15. The van der Waals surface area contributed by atoms with E-state index in [4.69, 9.17) is 23.4 Å². The summed E-state index contributed by atoms with van der Waals surface area (Å²) in [7, 11) is 4.56. The molecule has 0 unspecified atom stereocenters. The largest absolute Gasteiger partial charge is 0.502 e. The summed E-state index contributed by atoms with van der Waals surface area (Å²) in [6, 6.07) is 16.1. The molecule has 0 amide bonds. The Hall–Kier alpha value is -4.39. The Labute approximate surface area is 215 Å². The maximum Gasteiger partial charge on any atom is 0.235 e. The summed E-state index contributed by atoms with van der Waals surface area (Å²) in [6.45, 7) is 2.81. The minimum absolute atomic E-state index is 0.00138. The summed E-state index contributed by atoms with van der Waals surface area (Å²) in [5, 5.41) is 11.1. The Morgan fingerprint density at radius 1 is 0.865 bits per heavy atom. The topological polar surface area (TPSA) is 87.4 Å². The highest BCUT2D eigenvalue weighted by molar-refractivity contribution is 5.89. The molecule has 0 saturated carbocycles. The van der Waals surface area contributed by atoms with Gasteiger partial charge in [0.25, 0.3) is 0 Å². The number of ether oxygens (including phenoxy) is 4. The fourth-order valence-electron chi connectivity index (χ4n) is 3.92. The lowest BCUT2D eigenvalue weighted by molar-refractivity contribution is 0.309. The van der Waals surface area contributed by atoms with Crippen molar-refractivity contribution in [1.29, 1.82) is 0 Å². The highest BCUT2D eigenvalue weighted by Gasteiger charge is 2.22. The second kappa shape index (κ2) is 11.6. The van der Waals surface area contributed by atoms with Crippen molar-refractivity contribution in [3.8, 4) is 40.1 Å². The molecule has 0 fully saturated rings. The molecule has 1 N–H and O–H groups in total. The van der Waals surface area contributed by atoms with Gasteiger partial charge in [-0.3, -0.25) is 4.79 Å². The van der Waals surface area contributed by atoms with Gasteiger partial charge in [0, 0.05) is 6.07 Å². The van der Waals surface area contributed by atoms with Crippen molar-refractivity contribution in [1.82, 2.24) is 0 Å². The molecule has 0 atom stereocenters. The predicted molar refractivity (Wildman–Crippen MR) is 145 cm³/mol. The Kier molecular flexibility index (Phi) is 8.03. The van der Waals surface area contributed by atoms with E-state index in [2.05, 4.69) is 6.92 Å². The van der Waals surface area contributed by atoms with E-state index in [1.165, 1.54) is 20.3 Å². The van der Waals surface area contributed by atoms with Crippen molar-refractivity contribution in [2.75, 3.05) is 27.9 Å². The Morgan fingerprint density at radius 3 is 2.27 bits per heavy atom. The lowest BCUT2D eigenvalue weighted by atomic mass is 10.00. The smallest absolute Gasteiger partial charge is 0.235 e. The molecule has 0 spiro atoms. The normalized spacial score (nSPS) is 11.1. The molecule has 4 rings (SSSR count). The fourth-order valence-corrected chi connectivity index (χ4v) is 3.92. The van der Waals surface area contributed by atoms with E-state index in [1.807, 2.05) is 36.4 Å². The van der Waals surface area contributed by atoms with E-state index < -0.39 is 11.2 Å². The van der Waals surface area contributed by atoms with Crippen molar-refractivity contribution < 1.29 is 28.5 Å². The molecule has 4 aromatic rings. The SMILES string of the molecule is CCCCOc1ccc(/C=C/c2cc(OC)cc(OC)c2-c2oc3ccc(OC)cc3c(=O)c2O)cc1. The number of fused-ring (bicyclic) bond motifs is 1. The first-order chi connectivity index (χ1) is 18.0. The minimum atomic E-state index is -0.568. The summed E-state index contributed by atoms with van der Waals surface area (Å²) in [6.07, 6.45) is 5.85. The Balaban J connectivity index is 1.80. The van der Waals surface area contributed by atoms with Crippen molar-refractivity contribution in [2.24, 2.45) is 0 Å². The summed E-state index contributed by atoms with van der Waals surface area (Å²) < 4.78 is 28.1. The summed E-state index contributed by atoms with van der Waals surface area (Å²) in [5.74, 6) is 1.71. The van der Waals surface area contributed by atoms with Gasteiger partial charge in [0.1, 0.15) is 28.6 Å². The van der Waals surface area contributed by atoms with E-state index in [-0.39, 0.29) is 11.1 Å². The Bertz CT molecular complexity index is 1470. The van der Waals surface area contributed by atoms with E-state index in [0.29, 0.717) is 40.6 Å². The van der Waals surface area contributed by atoms with Crippen LogP contribution in [0, 0.1) is 0 Å². The van der Waals surface area contributed by atoms with E-state index in [0.717, 1.165) is 24.2 Å². The highest BCUT2D eigenvalue weighted by atomic mass is 16.5. The second-order valence-corrected chi connectivity index (χ2v) is 8.37. The molecular formula is C30H30O7. The fraction of sp³-hybridized carbons (Fsp3) is 0.233. The number of benzene rings is 3. The van der Waals surface area contributed by atoms with Gasteiger partial charge in [-0.1, -0.05) is 37.6 Å². The zero-order valence-corrected chi connectivity index (χ0v) is 21.4. The molecule has 0 bridgehead atoms. The molecule has 3 aromatic carbocycles. The number of unbranched alkanes of at least 4 members (excludes halogenated alkanes) is 1. The van der Waals surface area contributed by atoms with Crippen molar-refractivity contribution in [3.05, 3.63) is 75.9 Å². The number of aromatic hydroxyl groups is 1. The van der Waals surface area contributed by atoms with Gasteiger partial charge >= 0.3 is 0 Å². The Morgan fingerprint density at radius 2 is 1.59 bits per heavy atom. The quantitative estimate of drug-likeness (QED) is 0.195. The third-order valence-corrected chi connectivity index (χ3v) is 5.96. The van der Waals surface area contributed by atoms with Crippen LogP contribution in [0.1, 0.15) is 30.9 Å². The van der Waals surface area contributed by atoms with Crippen LogP contribution in [0.25, 0.3) is 34.4 Å².